The van der Waals surface area contributed by atoms with E-state index in [0.717, 1.165) is 44.0 Å². The minimum atomic E-state index is -0.150. The molecule has 0 saturated carbocycles. The largest absolute Gasteiger partial charge is 0.359 e. The Morgan fingerprint density at radius 3 is 3.07 bits per heavy atom. The molecule has 1 amide bonds. The molecule has 4 rings (SSSR count). The number of piperazine rings is 1. The number of rotatable bonds is 6. The molecule has 0 unspecified atom stereocenters. The third-order valence-electron chi connectivity index (χ3n) is 5.46. The normalized spacial score (nSPS) is 19.9. The van der Waals surface area contributed by atoms with E-state index in [2.05, 4.69) is 32.2 Å². The molecule has 0 aliphatic carbocycles. The number of aromatic nitrogens is 2. The molecule has 7 nitrogen and oxygen atoms in total. The number of hydrogen-bond donors (Lipinski definition) is 1. The standard InChI is InChI=1S/C20H27N5O2/c1-2-4-16-11-18(27-23-16)13-22-20(26)15-6-7-19(21-12-15)25-10-9-24-8-3-5-17(24)14-25/h6-7,11-12,17H,2-5,8-10,13-14H2,1H3,(H,22,26)/t17-/m1/s1. The maximum Gasteiger partial charge on any atom is 0.253 e. The zero-order valence-electron chi connectivity index (χ0n) is 15.9. The number of aryl methyl sites for hydroxylation is 1. The fourth-order valence-corrected chi connectivity index (χ4v) is 3.99. The van der Waals surface area contributed by atoms with E-state index in [0.29, 0.717) is 23.9 Å². The molecule has 2 aromatic rings. The summed E-state index contributed by atoms with van der Waals surface area (Å²) in [6.07, 6.45) is 6.15. The van der Waals surface area contributed by atoms with Gasteiger partial charge in [0.05, 0.1) is 17.8 Å². The Morgan fingerprint density at radius 1 is 1.33 bits per heavy atom. The molecule has 0 radical (unpaired) electrons. The van der Waals surface area contributed by atoms with Crippen LogP contribution in [0.1, 0.15) is 48.0 Å². The monoisotopic (exact) mass is 369 g/mol. The Balaban J connectivity index is 1.32. The summed E-state index contributed by atoms with van der Waals surface area (Å²) in [5.41, 5.74) is 1.49. The minimum absolute atomic E-state index is 0.150. The summed E-state index contributed by atoms with van der Waals surface area (Å²) in [5, 5.41) is 6.86. The summed E-state index contributed by atoms with van der Waals surface area (Å²) in [4.78, 5) is 21.8. The Morgan fingerprint density at radius 2 is 2.26 bits per heavy atom. The quantitative estimate of drug-likeness (QED) is 0.842. The first-order chi connectivity index (χ1) is 13.2. The number of nitrogens with zero attached hydrogens (tertiary/aromatic N) is 4. The van der Waals surface area contributed by atoms with Crippen molar-refractivity contribution >= 4 is 11.7 Å². The lowest BCUT2D eigenvalue weighted by molar-refractivity contribution is 0.0946. The lowest BCUT2D eigenvalue weighted by Gasteiger charge is -2.38. The highest BCUT2D eigenvalue weighted by Crippen LogP contribution is 2.24. The number of pyridine rings is 1. The van der Waals surface area contributed by atoms with Crippen molar-refractivity contribution in [3.8, 4) is 0 Å². The summed E-state index contributed by atoms with van der Waals surface area (Å²) >= 11 is 0. The van der Waals surface area contributed by atoms with Gasteiger partial charge in [-0.15, -0.1) is 0 Å². The van der Waals surface area contributed by atoms with E-state index in [1.165, 1.54) is 19.4 Å². The topological polar surface area (TPSA) is 74.5 Å². The number of amides is 1. The van der Waals surface area contributed by atoms with Crippen LogP contribution in [0, 0.1) is 0 Å². The second-order valence-corrected chi connectivity index (χ2v) is 7.40. The summed E-state index contributed by atoms with van der Waals surface area (Å²) in [7, 11) is 0. The molecular formula is C20H27N5O2. The van der Waals surface area contributed by atoms with Gasteiger partial charge < -0.3 is 14.7 Å². The maximum atomic E-state index is 12.4. The van der Waals surface area contributed by atoms with Crippen LogP contribution in [-0.4, -0.2) is 53.2 Å². The molecular weight excluding hydrogens is 342 g/mol. The highest BCUT2D eigenvalue weighted by Gasteiger charge is 2.30. The van der Waals surface area contributed by atoms with Gasteiger partial charge in [-0.2, -0.15) is 0 Å². The van der Waals surface area contributed by atoms with Crippen LogP contribution in [0.4, 0.5) is 5.82 Å². The van der Waals surface area contributed by atoms with E-state index in [-0.39, 0.29) is 5.91 Å². The van der Waals surface area contributed by atoms with Crippen LogP contribution in [0.25, 0.3) is 0 Å². The number of anilines is 1. The highest BCUT2D eigenvalue weighted by molar-refractivity contribution is 5.93. The number of fused-ring (bicyclic) bond motifs is 1. The Kier molecular flexibility index (Phi) is 5.38. The second kappa shape index (κ2) is 8.08. The third kappa shape index (κ3) is 4.13. The average molecular weight is 369 g/mol. The first-order valence-corrected chi connectivity index (χ1v) is 9.90. The molecule has 0 aromatic carbocycles. The maximum absolute atomic E-state index is 12.4. The zero-order chi connectivity index (χ0) is 18.6. The average Bonchev–Trinajstić information content (AvgIpc) is 3.35. The summed E-state index contributed by atoms with van der Waals surface area (Å²) in [5.74, 6) is 1.48. The van der Waals surface area contributed by atoms with E-state index in [1.54, 1.807) is 6.20 Å². The van der Waals surface area contributed by atoms with Crippen molar-refractivity contribution in [3.63, 3.8) is 0 Å². The van der Waals surface area contributed by atoms with Crippen molar-refractivity contribution in [2.75, 3.05) is 31.1 Å². The molecule has 1 N–H and O–H groups in total. The van der Waals surface area contributed by atoms with Gasteiger partial charge in [0.2, 0.25) is 0 Å². The van der Waals surface area contributed by atoms with E-state index >= 15 is 0 Å². The highest BCUT2D eigenvalue weighted by atomic mass is 16.5. The molecule has 1 atom stereocenters. The first-order valence-electron chi connectivity index (χ1n) is 9.90. The first kappa shape index (κ1) is 18.0. The fraction of sp³-hybridized carbons (Fsp3) is 0.550. The SMILES string of the molecule is CCCc1cc(CNC(=O)c2ccc(N3CCN4CCC[C@@H]4C3)nc2)on1. The van der Waals surface area contributed by atoms with Crippen molar-refractivity contribution in [1.29, 1.82) is 0 Å². The molecule has 2 aliphatic rings. The van der Waals surface area contributed by atoms with E-state index in [9.17, 15) is 4.79 Å². The van der Waals surface area contributed by atoms with Crippen molar-refractivity contribution in [2.45, 2.75) is 45.2 Å². The van der Waals surface area contributed by atoms with Crippen LogP contribution >= 0.6 is 0 Å². The van der Waals surface area contributed by atoms with Gasteiger partial charge in [0.1, 0.15) is 5.82 Å². The summed E-state index contributed by atoms with van der Waals surface area (Å²) in [6, 6.07) is 6.35. The molecule has 4 heterocycles. The van der Waals surface area contributed by atoms with Gasteiger partial charge in [-0.3, -0.25) is 9.69 Å². The molecule has 0 spiro atoms. The van der Waals surface area contributed by atoms with Gasteiger partial charge in [0.25, 0.3) is 5.91 Å². The van der Waals surface area contributed by atoms with Gasteiger partial charge in [0, 0.05) is 37.9 Å². The van der Waals surface area contributed by atoms with Gasteiger partial charge in [-0.05, 0) is 37.9 Å². The third-order valence-corrected chi connectivity index (χ3v) is 5.46. The smallest absolute Gasteiger partial charge is 0.253 e. The second-order valence-electron chi connectivity index (χ2n) is 7.40. The number of carbonyl (C=O) groups excluding carboxylic acids is 1. The van der Waals surface area contributed by atoms with Gasteiger partial charge >= 0.3 is 0 Å². The molecule has 144 valence electrons. The molecule has 2 aliphatic heterocycles. The van der Waals surface area contributed by atoms with Crippen LogP contribution in [0.15, 0.2) is 28.9 Å². The lowest BCUT2D eigenvalue weighted by Crippen LogP contribution is -2.50. The number of hydrogen-bond acceptors (Lipinski definition) is 6. The minimum Gasteiger partial charge on any atom is -0.359 e. The summed E-state index contributed by atoms with van der Waals surface area (Å²) < 4.78 is 5.25. The number of nitrogens with one attached hydrogen (secondary N) is 1. The van der Waals surface area contributed by atoms with Crippen molar-refractivity contribution in [3.05, 3.63) is 41.4 Å². The predicted molar refractivity (Wildman–Crippen MR) is 103 cm³/mol. The van der Waals surface area contributed by atoms with E-state index in [4.69, 9.17) is 4.52 Å². The molecule has 7 heteroatoms. The summed E-state index contributed by atoms with van der Waals surface area (Å²) in [6.45, 7) is 6.80. The van der Waals surface area contributed by atoms with Crippen LogP contribution in [0.3, 0.4) is 0 Å². The lowest BCUT2D eigenvalue weighted by atomic mass is 10.1. The fourth-order valence-electron chi connectivity index (χ4n) is 3.99. The van der Waals surface area contributed by atoms with Gasteiger partial charge in [-0.1, -0.05) is 18.5 Å². The van der Waals surface area contributed by atoms with Crippen LogP contribution in [-0.2, 0) is 13.0 Å². The van der Waals surface area contributed by atoms with Crippen LogP contribution in [0.5, 0.6) is 0 Å². The Labute approximate surface area is 159 Å². The molecule has 0 bridgehead atoms. The van der Waals surface area contributed by atoms with E-state index < -0.39 is 0 Å². The van der Waals surface area contributed by atoms with Gasteiger partial charge in [-0.25, -0.2) is 4.98 Å². The van der Waals surface area contributed by atoms with Crippen molar-refractivity contribution in [2.24, 2.45) is 0 Å². The van der Waals surface area contributed by atoms with Crippen molar-refractivity contribution < 1.29 is 9.32 Å². The molecule has 2 saturated heterocycles. The predicted octanol–water partition coefficient (Wildman–Crippen LogP) is 2.24. The molecule has 2 fully saturated rings. The van der Waals surface area contributed by atoms with Crippen LogP contribution in [0.2, 0.25) is 0 Å². The molecule has 27 heavy (non-hydrogen) atoms. The molecule has 2 aromatic heterocycles. The zero-order valence-corrected chi connectivity index (χ0v) is 15.9. The van der Waals surface area contributed by atoms with Crippen molar-refractivity contribution in [1.82, 2.24) is 20.4 Å². The Hall–Kier alpha value is -2.41. The number of carbonyl (C=O) groups is 1. The van der Waals surface area contributed by atoms with E-state index in [1.807, 2.05) is 18.2 Å². The van der Waals surface area contributed by atoms with Crippen LogP contribution < -0.4 is 10.2 Å². The van der Waals surface area contributed by atoms with Gasteiger partial charge in [0.15, 0.2) is 5.76 Å². The Bertz CT molecular complexity index is 773.